The minimum Gasteiger partial charge on any atom is -0.363 e. The van der Waals surface area contributed by atoms with Crippen molar-refractivity contribution in [1.29, 1.82) is 0 Å². The maximum atomic E-state index is 5.36. The third kappa shape index (κ3) is 1.55. The topological polar surface area (TPSA) is 50.1 Å². The number of aryl methyl sites for hydroxylation is 1. The van der Waals surface area contributed by atoms with Crippen LogP contribution in [0.5, 0.6) is 0 Å². The summed E-state index contributed by atoms with van der Waals surface area (Å²) >= 11 is 0. The van der Waals surface area contributed by atoms with E-state index in [1.165, 1.54) is 0 Å². The van der Waals surface area contributed by atoms with Crippen LogP contribution in [0.2, 0.25) is 0 Å². The third-order valence-electron chi connectivity index (χ3n) is 3.10. The van der Waals surface area contributed by atoms with Gasteiger partial charge in [-0.1, -0.05) is 17.3 Å². The molecule has 4 nitrogen and oxygen atoms in total. The summed E-state index contributed by atoms with van der Waals surface area (Å²) in [6.07, 6.45) is 1.14. The Balaban J connectivity index is 1.94. The van der Waals surface area contributed by atoms with Crippen molar-refractivity contribution in [2.24, 2.45) is 0 Å². The van der Waals surface area contributed by atoms with Gasteiger partial charge in [-0.3, -0.25) is 0 Å². The fourth-order valence-corrected chi connectivity index (χ4v) is 2.18. The molecule has 1 unspecified atom stereocenters. The fraction of sp³-hybridized carbons (Fsp3) is 0.417. The molecule has 1 aromatic carbocycles. The number of benzene rings is 1. The average Bonchev–Trinajstić information content (AvgIpc) is 2.90. The predicted octanol–water partition coefficient (Wildman–Crippen LogP) is 1.91. The van der Waals surface area contributed by atoms with Crippen LogP contribution in [0.4, 0.5) is 5.82 Å². The number of hydrogen-bond donors (Lipinski definition) is 2. The van der Waals surface area contributed by atoms with Crippen molar-refractivity contribution < 1.29 is 4.52 Å². The number of para-hydroxylation sites is 1. The summed E-state index contributed by atoms with van der Waals surface area (Å²) in [4.78, 5) is 0. The first-order chi connectivity index (χ1) is 7.84. The molecule has 3 rings (SSSR count). The molecule has 2 N–H and O–H groups in total. The molecule has 0 amide bonds. The lowest BCUT2D eigenvalue weighted by Gasteiger charge is -2.09. The Bertz CT molecular complexity index is 500. The van der Waals surface area contributed by atoms with Crippen molar-refractivity contribution in [2.75, 3.05) is 18.4 Å². The van der Waals surface area contributed by atoms with Gasteiger partial charge in [-0.15, -0.1) is 0 Å². The first-order valence-corrected chi connectivity index (χ1v) is 5.67. The van der Waals surface area contributed by atoms with Gasteiger partial charge in [0.2, 0.25) is 0 Å². The number of hydrogen-bond acceptors (Lipinski definition) is 4. The molecule has 84 valence electrons. The molecule has 0 radical (unpaired) electrons. The van der Waals surface area contributed by atoms with Crippen molar-refractivity contribution in [3.8, 4) is 0 Å². The Kier molecular flexibility index (Phi) is 2.29. The van der Waals surface area contributed by atoms with Crippen molar-refractivity contribution >= 4 is 16.8 Å². The predicted molar refractivity (Wildman–Crippen MR) is 63.6 cm³/mol. The van der Waals surface area contributed by atoms with Gasteiger partial charge in [-0.2, -0.15) is 0 Å². The second-order valence-electron chi connectivity index (χ2n) is 4.32. The molecular weight excluding hydrogens is 202 g/mol. The number of rotatable bonds is 2. The second kappa shape index (κ2) is 3.79. The number of fused-ring (bicyclic) bond motifs is 1. The highest BCUT2D eigenvalue weighted by atomic mass is 16.5. The summed E-state index contributed by atoms with van der Waals surface area (Å²) in [5.74, 6) is 0.868. The van der Waals surface area contributed by atoms with Crippen LogP contribution in [-0.2, 0) is 0 Å². The van der Waals surface area contributed by atoms with E-state index in [0.29, 0.717) is 6.04 Å². The molecule has 0 bridgehead atoms. The zero-order chi connectivity index (χ0) is 11.0. The van der Waals surface area contributed by atoms with Gasteiger partial charge in [0.25, 0.3) is 0 Å². The highest BCUT2D eigenvalue weighted by Crippen LogP contribution is 2.26. The monoisotopic (exact) mass is 217 g/mol. The normalized spacial score (nSPS) is 20.4. The van der Waals surface area contributed by atoms with E-state index in [1.807, 2.05) is 25.1 Å². The van der Waals surface area contributed by atoms with Gasteiger partial charge in [0.15, 0.2) is 11.4 Å². The molecule has 1 saturated heterocycles. The quantitative estimate of drug-likeness (QED) is 0.806. The number of nitrogens with one attached hydrogen (secondary N) is 2. The third-order valence-corrected chi connectivity index (χ3v) is 3.10. The Labute approximate surface area is 94.0 Å². The zero-order valence-electron chi connectivity index (χ0n) is 9.29. The van der Waals surface area contributed by atoms with Gasteiger partial charge in [-0.05, 0) is 31.5 Å². The molecule has 2 aromatic rings. The van der Waals surface area contributed by atoms with Gasteiger partial charge in [0.05, 0.1) is 5.39 Å². The van der Waals surface area contributed by atoms with E-state index in [2.05, 4.69) is 15.8 Å². The van der Waals surface area contributed by atoms with Crippen LogP contribution < -0.4 is 10.6 Å². The summed E-state index contributed by atoms with van der Waals surface area (Å²) in [5.41, 5.74) is 2.01. The minimum atomic E-state index is 0.466. The van der Waals surface area contributed by atoms with Crippen LogP contribution in [0.1, 0.15) is 12.0 Å². The summed E-state index contributed by atoms with van der Waals surface area (Å²) in [5, 5.41) is 11.9. The Morgan fingerprint density at radius 1 is 1.50 bits per heavy atom. The maximum absolute atomic E-state index is 5.36. The van der Waals surface area contributed by atoms with Crippen molar-refractivity contribution in [2.45, 2.75) is 19.4 Å². The Hall–Kier alpha value is -1.55. The summed E-state index contributed by atoms with van der Waals surface area (Å²) < 4.78 is 5.36. The Morgan fingerprint density at radius 3 is 3.25 bits per heavy atom. The van der Waals surface area contributed by atoms with E-state index in [9.17, 15) is 0 Å². The van der Waals surface area contributed by atoms with E-state index in [0.717, 1.165) is 41.9 Å². The lowest BCUT2D eigenvalue weighted by molar-refractivity contribution is 0.457. The Morgan fingerprint density at radius 2 is 2.44 bits per heavy atom. The number of aromatic nitrogens is 1. The van der Waals surface area contributed by atoms with Crippen LogP contribution in [0.3, 0.4) is 0 Å². The van der Waals surface area contributed by atoms with Crippen LogP contribution in [0.25, 0.3) is 11.0 Å². The fourth-order valence-electron chi connectivity index (χ4n) is 2.18. The second-order valence-corrected chi connectivity index (χ2v) is 4.32. The molecule has 0 spiro atoms. The van der Waals surface area contributed by atoms with Crippen LogP contribution in [0.15, 0.2) is 22.7 Å². The molecule has 4 heteroatoms. The molecule has 1 aromatic heterocycles. The molecular formula is C12H15N3O. The molecule has 1 aliphatic rings. The number of anilines is 1. The SMILES string of the molecule is Cc1cccc2c(NC3CCNC3)noc12. The highest BCUT2D eigenvalue weighted by molar-refractivity contribution is 5.90. The standard InChI is InChI=1S/C12H15N3O/c1-8-3-2-4-10-11(8)16-15-12(10)14-9-5-6-13-7-9/h2-4,9,13H,5-7H2,1H3,(H,14,15). The molecule has 0 aliphatic carbocycles. The van der Waals surface area contributed by atoms with E-state index in [4.69, 9.17) is 4.52 Å². The molecule has 2 heterocycles. The zero-order valence-corrected chi connectivity index (χ0v) is 9.29. The van der Waals surface area contributed by atoms with E-state index < -0.39 is 0 Å². The average molecular weight is 217 g/mol. The van der Waals surface area contributed by atoms with Gasteiger partial charge in [-0.25, -0.2) is 0 Å². The number of nitrogens with zero attached hydrogens (tertiary/aromatic N) is 1. The summed E-state index contributed by atoms with van der Waals surface area (Å²) in [7, 11) is 0. The van der Waals surface area contributed by atoms with Crippen molar-refractivity contribution in [3.05, 3.63) is 23.8 Å². The summed E-state index contributed by atoms with van der Waals surface area (Å²) in [6.45, 7) is 4.11. The molecule has 16 heavy (non-hydrogen) atoms. The first-order valence-electron chi connectivity index (χ1n) is 5.67. The van der Waals surface area contributed by atoms with Crippen LogP contribution in [0, 0.1) is 6.92 Å². The molecule has 1 atom stereocenters. The van der Waals surface area contributed by atoms with E-state index in [1.54, 1.807) is 0 Å². The highest BCUT2D eigenvalue weighted by Gasteiger charge is 2.17. The smallest absolute Gasteiger partial charge is 0.177 e. The van der Waals surface area contributed by atoms with Crippen molar-refractivity contribution in [1.82, 2.24) is 10.5 Å². The minimum absolute atomic E-state index is 0.466. The van der Waals surface area contributed by atoms with Gasteiger partial charge < -0.3 is 15.2 Å². The van der Waals surface area contributed by atoms with Gasteiger partial charge in [0.1, 0.15) is 0 Å². The lowest BCUT2D eigenvalue weighted by Crippen LogP contribution is -2.22. The van der Waals surface area contributed by atoms with E-state index >= 15 is 0 Å². The molecule has 0 saturated carbocycles. The van der Waals surface area contributed by atoms with E-state index in [-0.39, 0.29) is 0 Å². The van der Waals surface area contributed by atoms with Gasteiger partial charge >= 0.3 is 0 Å². The first kappa shape index (κ1) is 9.66. The lowest BCUT2D eigenvalue weighted by atomic mass is 10.1. The molecule has 1 fully saturated rings. The van der Waals surface area contributed by atoms with Crippen molar-refractivity contribution in [3.63, 3.8) is 0 Å². The largest absolute Gasteiger partial charge is 0.363 e. The van der Waals surface area contributed by atoms with Crippen LogP contribution in [-0.4, -0.2) is 24.3 Å². The van der Waals surface area contributed by atoms with Gasteiger partial charge in [0, 0.05) is 12.6 Å². The summed E-state index contributed by atoms with van der Waals surface area (Å²) in [6, 6.07) is 6.58. The maximum Gasteiger partial charge on any atom is 0.177 e. The molecule has 1 aliphatic heterocycles. The van der Waals surface area contributed by atoms with Crippen LogP contribution >= 0.6 is 0 Å².